The maximum absolute atomic E-state index is 5.72. The monoisotopic (exact) mass is 193 g/mol. The molecule has 4 N–H and O–H groups in total. The van der Waals surface area contributed by atoms with Crippen molar-refractivity contribution >= 4 is 5.69 Å². The van der Waals surface area contributed by atoms with Gasteiger partial charge in [0.15, 0.2) is 0 Å². The second kappa shape index (κ2) is 3.93. The van der Waals surface area contributed by atoms with Crippen LogP contribution in [0.1, 0.15) is 0 Å². The first-order valence-electron chi connectivity index (χ1n) is 4.55. The summed E-state index contributed by atoms with van der Waals surface area (Å²) in [5.74, 6) is 11.4. The first-order chi connectivity index (χ1) is 6.75. The summed E-state index contributed by atoms with van der Waals surface area (Å²) in [6.07, 6.45) is 0. The summed E-state index contributed by atoms with van der Waals surface area (Å²) in [6, 6.07) is 10.1. The van der Waals surface area contributed by atoms with Gasteiger partial charge in [-0.15, -0.1) is 0 Å². The predicted octanol–water partition coefficient (Wildman–Crippen LogP) is -0.269. The fourth-order valence-electron chi connectivity index (χ4n) is 1.61. The van der Waals surface area contributed by atoms with E-state index in [1.165, 1.54) is 0 Å². The number of benzene rings is 1. The van der Waals surface area contributed by atoms with Crippen LogP contribution in [0.5, 0.6) is 0 Å². The number of nitrogens with two attached hydrogens (primary N) is 2. The molecule has 0 atom stereocenters. The zero-order valence-corrected chi connectivity index (χ0v) is 8.00. The molecule has 76 valence electrons. The SMILES string of the molecule is NN1CN(N)CN(c2ccccc2)C1. The molecule has 1 aromatic rings. The lowest BCUT2D eigenvalue weighted by Gasteiger charge is -2.39. The Kier molecular flexibility index (Phi) is 2.64. The molecule has 0 unspecified atom stereocenters. The van der Waals surface area contributed by atoms with Crippen LogP contribution >= 0.6 is 0 Å². The molecule has 1 aromatic carbocycles. The Hall–Kier alpha value is -1.14. The van der Waals surface area contributed by atoms with Gasteiger partial charge in [0, 0.05) is 5.69 Å². The molecule has 0 spiro atoms. The van der Waals surface area contributed by atoms with E-state index in [2.05, 4.69) is 4.90 Å². The largest absolute Gasteiger partial charge is 0.343 e. The molecule has 1 saturated heterocycles. The fraction of sp³-hybridized carbons (Fsp3) is 0.333. The van der Waals surface area contributed by atoms with Crippen molar-refractivity contribution in [2.75, 3.05) is 24.9 Å². The number of rotatable bonds is 1. The van der Waals surface area contributed by atoms with Crippen LogP contribution in [0.25, 0.3) is 0 Å². The Morgan fingerprint density at radius 3 is 2.00 bits per heavy atom. The average Bonchev–Trinajstić information content (AvgIpc) is 2.18. The first-order valence-corrected chi connectivity index (χ1v) is 4.55. The van der Waals surface area contributed by atoms with Gasteiger partial charge in [0.1, 0.15) is 0 Å². The molecule has 0 bridgehead atoms. The van der Waals surface area contributed by atoms with Crippen molar-refractivity contribution < 1.29 is 0 Å². The van der Waals surface area contributed by atoms with E-state index in [0.29, 0.717) is 20.0 Å². The van der Waals surface area contributed by atoms with Crippen LogP contribution in [-0.4, -0.2) is 30.0 Å². The van der Waals surface area contributed by atoms with Gasteiger partial charge in [0.05, 0.1) is 20.0 Å². The van der Waals surface area contributed by atoms with E-state index in [1.807, 2.05) is 30.3 Å². The number of nitrogens with zero attached hydrogens (tertiary/aromatic N) is 3. The van der Waals surface area contributed by atoms with Crippen molar-refractivity contribution in [1.82, 2.24) is 10.0 Å². The lowest BCUT2D eigenvalue weighted by Crippen LogP contribution is -2.59. The van der Waals surface area contributed by atoms with Crippen molar-refractivity contribution in [2.45, 2.75) is 0 Å². The van der Waals surface area contributed by atoms with Crippen LogP contribution in [0.3, 0.4) is 0 Å². The van der Waals surface area contributed by atoms with E-state index in [1.54, 1.807) is 10.0 Å². The molecule has 1 heterocycles. The molecule has 1 fully saturated rings. The highest BCUT2D eigenvalue weighted by atomic mass is 15.6. The van der Waals surface area contributed by atoms with Crippen molar-refractivity contribution in [3.05, 3.63) is 30.3 Å². The lowest BCUT2D eigenvalue weighted by atomic mass is 10.3. The van der Waals surface area contributed by atoms with E-state index in [-0.39, 0.29) is 0 Å². The van der Waals surface area contributed by atoms with Crippen LogP contribution in [0.2, 0.25) is 0 Å². The molecule has 1 aliphatic rings. The summed E-state index contributed by atoms with van der Waals surface area (Å²) >= 11 is 0. The van der Waals surface area contributed by atoms with Gasteiger partial charge in [-0.3, -0.25) is 11.7 Å². The molecule has 0 amide bonds. The second-order valence-electron chi connectivity index (χ2n) is 3.48. The summed E-state index contributed by atoms with van der Waals surface area (Å²) in [4.78, 5) is 2.11. The summed E-state index contributed by atoms with van der Waals surface area (Å²) in [7, 11) is 0. The number of hydrogen-bond donors (Lipinski definition) is 2. The summed E-state index contributed by atoms with van der Waals surface area (Å²) < 4.78 is 0. The molecule has 0 saturated carbocycles. The van der Waals surface area contributed by atoms with E-state index < -0.39 is 0 Å². The van der Waals surface area contributed by atoms with Gasteiger partial charge in [-0.2, -0.15) is 0 Å². The maximum Gasteiger partial charge on any atom is 0.0865 e. The summed E-state index contributed by atoms with van der Waals surface area (Å²) in [5.41, 5.74) is 1.14. The Morgan fingerprint density at radius 2 is 1.43 bits per heavy atom. The Bertz CT molecular complexity index is 279. The molecule has 5 heteroatoms. The third kappa shape index (κ3) is 2.02. The number of para-hydroxylation sites is 1. The van der Waals surface area contributed by atoms with Crippen molar-refractivity contribution in [2.24, 2.45) is 11.7 Å². The van der Waals surface area contributed by atoms with E-state index >= 15 is 0 Å². The number of hydrazine groups is 2. The van der Waals surface area contributed by atoms with E-state index in [9.17, 15) is 0 Å². The highest BCUT2D eigenvalue weighted by Crippen LogP contribution is 2.15. The lowest BCUT2D eigenvalue weighted by molar-refractivity contribution is 0.0889. The topological polar surface area (TPSA) is 61.8 Å². The molecule has 0 aliphatic carbocycles. The van der Waals surface area contributed by atoms with E-state index in [4.69, 9.17) is 11.7 Å². The number of hydrogen-bond acceptors (Lipinski definition) is 5. The summed E-state index contributed by atoms with van der Waals surface area (Å²) in [5, 5.41) is 3.35. The quantitative estimate of drug-likeness (QED) is 0.601. The van der Waals surface area contributed by atoms with Crippen molar-refractivity contribution in [3.63, 3.8) is 0 Å². The van der Waals surface area contributed by atoms with Crippen LogP contribution in [-0.2, 0) is 0 Å². The minimum Gasteiger partial charge on any atom is -0.343 e. The van der Waals surface area contributed by atoms with Gasteiger partial charge in [-0.1, -0.05) is 18.2 Å². The van der Waals surface area contributed by atoms with Crippen LogP contribution < -0.4 is 16.6 Å². The Morgan fingerprint density at radius 1 is 0.857 bits per heavy atom. The van der Waals surface area contributed by atoms with Gasteiger partial charge < -0.3 is 4.90 Å². The van der Waals surface area contributed by atoms with E-state index in [0.717, 1.165) is 5.69 Å². The van der Waals surface area contributed by atoms with Gasteiger partial charge in [0.2, 0.25) is 0 Å². The maximum atomic E-state index is 5.72. The minimum absolute atomic E-state index is 0.601. The molecule has 0 aromatic heterocycles. The first kappa shape index (κ1) is 9.42. The molecule has 2 rings (SSSR count). The van der Waals surface area contributed by atoms with Gasteiger partial charge in [-0.25, -0.2) is 10.0 Å². The zero-order chi connectivity index (χ0) is 9.97. The smallest absolute Gasteiger partial charge is 0.0865 e. The predicted molar refractivity (Wildman–Crippen MR) is 55.6 cm³/mol. The molecule has 0 radical (unpaired) electrons. The molecule has 14 heavy (non-hydrogen) atoms. The highest BCUT2D eigenvalue weighted by molar-refractivity contribution is 5.45. The molecular formula is C9H15N5. The Labute approximate surface area is 83.4 Å². The third-order valence-corrected chi connectivity index (χ3v) is 2.19. The molecular weight excluding hydrogens is 178 g/mol. The Balaban J connectivity index is 2.11. The molecule has 1 aliphatic heterocycles. The van der Waals surface area contributed by atoms with Crippen LogP contribution in [0, 0.1) is 0 Å². The van der Waals surface area contributed by atoms with Crippen LogP contribution in [0.15, 0.2) is 30.3 Å². The zero-order valence-electron chi connectivity index (χ0n) is 8.00. The molecule has 5 nitrogen and oxygen atoms in total. The minimum atomic E-state index is 0.601. The fourth-order valence-corrected chi connectivity index (χ4v) is 1.61. The average molecular weight is 193 g/mol. The second-order valence-corrected chi connectivity index (χ2v) is 3.48. The van der Waals surface area contributed by atoms with Crippen LogP contribution in [0.4, 0.5) is 5.69 Å². The van der Waals surface area contributed by atoms with Crippen molar-refractivity contribution in [1.29, 1.82) is 0 Å². The van der Waals surface area contributed by atoms with Gasteiger partial charge >= 0.3 is 0 Å². The third-order valence-electron chi connectivity index (χ3n) is 2.19. The van der Waals surface area contributed by atoms with Crippen molar-refractivity contribution in [3.8, 4) is 0 Å². The highest BCUT2D eigenvalue weighted by Gasteiger charge is 2.18. The van der Waals surface area contributed by atoms with Gasteiger partial charge in [-0.05, 0) is 12.1 Å². The summed E-state index contributed by atoms with van der Waals surface area (Å²) in [6.45, 7) is 2.01. The normalized spacial score (nSPS) is 20.0. The standard InChI is InChI=1S/C9H15N5/c10-13-6-12(7-14(11)8-13)9-4-2-1-3-5-9/h1-5H,6-8,10-11H2. The number of anilines is 1. The van der Waals surface area contributed by atoms with Gasteiger partial charge in [0.25, 0.3) is 0 Å².